The van der Waals surface area contributed by atoms with Crippen LogP contribution in [0.5, 0.6) is 5.75 Å². The van der Waals surface area contributed by atoms with Gasteiger partial charge in [-0.1, -0.05) is 18.2 Å². The van der Waals surface area contributed by atoms with Gasteiger partial charge >= 0.3 is 0 Å². The molecule has 2 aromatic carbocycles. The summed E-state index contributed by atoms with van der Waals surface area (Å²) in [4.78, 5) is 1.08. The van der Waals surface area contributed by atoms with E-state index >= 15 is 0 Å². The van der Waals surface area contributed by atoms with E-state index in [1.807, 2.05) is 31.2 Å². The number of aliphatic hydroxyl groups excluding tert-OH is 1. The standard InChI is InChI=1S/C16H15FO2S/c1-10-6-11(8-12(17)7-10)16(18)14-9-20-15-5-3-2-4-13(15)19-14/h2-8,14,16,18H,9H2,1H3. The van der Waals surface area contributed by atoms with E-state index in [0.717, 1.165) is 16.2 Å². The van der Waals surface area contributed by atoms with E-state index in [9.17, 15) is 9.50 Å². The number of para-hydroxylation sites is 1. The Hall–Kier alpha value is -1.52. The molecule has 1 aliphatic heterocycles. The molecule has 0 radical (unpaired) electrons. The number of hydrogen-bond donors (Lipinski definition) is 1. The molecule has 0 fully saturated rings. The molecule has 0 bridgehead atoms. The molecule has 0 aliphatic carbocycles. The number of fused-ring (bicyclic) bond motifs is 1. The van der Waals surface area contributed by atoms with E-state index < -0.39 is 6.10 Å². The molecule has 1 heterocycles. The number of hydrogen-bond acceptors (Lipinski definition) is 3. The lowest BCUT2D eigenvalue weighted by Gasteiger charge is -2.29. The van der Waals surface area contributed by atoms with Crippen molar-refractivity contribution in [2.75, 3.05) is 5.75 Å². The van der Waals surface area contributed by atoms with Crippen LogP contribution in [0.1, 0.15) is 17.2 Å². The molecule has 3 rings (SSSR count). The summed E-state index contributed by atoms with van der Waals surface area (Å²) in [5.41, 5.74) is 1.36. The lowest BCUT2D eigenvalue weighted by atomic mass is 10.0. The van der Waals surface area contributed by atoms with Crippen LogP contribution in [0, 0.1) is 12.7 Å². The van der Waals surface area contributed by atoms with Gasteiger partial charge in [0.25, 0.3) is 0 Å². The second kappa shape index (κ2) is 5.46. The van der Waals surface area contributed by atoms with Gasteiger partial charge in [-0.05, 0) is 42.3 Å². The molecule has 2 nitrogen and oxygen atoms in total. The normalized spacial score (nSPS) is 19.1. The highest BCUT2D eigenvalue weighted by atomic mass is 32.2. The van der Waals surface area contributed by atoms with Crippen molar-refractivity contribution < 1.29 is 14.2 Å². The van der Waals surface area contributed by atoms with Crippen LogP contribution in [0.2, 0.25) is 0 Å². The molecule has 2 unspecified atom stereocenters. The largest absolute Gasteiger partial charge is 0.485 e. The average molecular weight is 290 g/mol. The quantitative estimate of drug-likeness (QED) is 0.914. The van der Waals surface area contributed by atoms with Crippen LogP contribution in [-0.4, -0.2) is 17.0 Å². The summed E-state index contributed by atoms with van der Waals surface area (Å²) in [5, 5.41) is 10.4. The topological polar surface area (TPSA) is 29.5 Å². The average Bonchev–Trinajstić information content (AvgIpc) is 2.45. The van der Waals surface area contributed by atoms with Gasteiger partial charge < -0.3 is 9.84 Å². The predicted molar refractivity (Wildman–Crippen MR) is 77.7 cm³/mol. The van der Waals surface area contributed by atoms with E-state index in [4.69, 9.17) is 4.74 Å². The van der Waals surface area contributed by atoms with Gasteiger partial charge in [-0.15, -0.1) is 11.8 Å². The van der Waals surface area contributed by atoms with Gasteiger partial charge in [-0.25, -0.2) is 4.39 Å². The van der Waals surface area contributed by atoms with E-state index in [1.165, 1.54) is 12.1 Å². The van der Waals surface area contributed by atoms with Gasteiger partial charge in [-0.2, -0.15) is 0 Å². The molecule has 0 aromatic heterocycles. The Morgan fingerprint density at radius 3 is 2.90 bits per heavy atom. The van der Waals surface area contributed by atoms with Crippen LogP contribution in [0.15, 0.2) is 47.4 Å². The molecule has 0 saturated carbocycles. The summed E-state index contributed by atoms with van der Waals surface area (Å²) in [6.07, 6.45) is -1.19. The lowest BCUT2D eigenvalue weighted by molar-refractivity contribution is 0.0455. The number of aliphatic hydroxyl groups is 1. The van der Waals surface area contributed by atoms with Gasteiger partial charge in [0.05, 0.1) is 0 Å². The summed E-state index contributed by atoms with van der Waals surface area (Å²) < 4.78 is 19.3. The fraction of sp³-hybridized carbons (Fsp3) is 0.250. The monoisotopic (exact) mass is 290 g/mol. The maximum atomic E-state index is 13.4. The Bertz CT molecular complexity index is 609. The number of aryl methyl sites for hydroxylation is 1. The zero-order chi connectivity index (χ0) is 14.1. The zero-order valence-corrected chi connectivity index (χ0v) is 11.9. The van der Waals surface area contributed by atoms with Crippen molar-refractivity contribution in [1.82, 2.24) is 0 Å². The Morgan fingerprint density at radius 1 is 1.30 bits per heavy atom. The van der Waals surface area contributed by atoms with E-state index in [1.54, 1.807) is 17.8 Å². The molecule has 1 aliphatic rings. The first-order chi connectivity index (χ1) is 9.63. The van der Waals surface area contributed by atoms with Gasteiger partial charge in [0, 0.05) is 10.6 Å². The third kappa shape index (κ3) is 2.67. The summed E-state index contributed by atoms with van der Waals surface area (Å²) >= 11 is 1.65. The van der Waals surface area contributed by atoms with Crippen LogP contribution in [0.4, 0.5) is 4.39 Å². The van der Waals surface area contributed by atoms with Crippen molar-refractivity contribution in [3.8, 4) is 5.75 Å². The number of benzene rings is 2. The fourth-order valence-electron chi connectivity index (χ4n) is 2.34. The Kier molecular flexibility index (Phi) is 3.68. The second-order valence-corrected chi connectivity index (χ2v) is 5.98. The van der Waals surface area contributed by atoms with E-state index in [-0.39, 0.29) is 11.9 Å². The Morgan fingerprint density at radius 2 is 2.10 bits per heavy atom. The lowest BCUT2D eigenvalue weighted by Crippen LogP contribution is -2.30. The first-order valence-electron chi connectivity index (χ1n) is 6.47. The molecule has 1 N–H and O–H groups in total. The Labute approximate surface area is 121 Å². The minimum absolute atomic E-state index is 0.331. The Balaban J connectivity index is 1.83. The van der Waals surface area contributed by atoms with Gasteiger partial charge in [0.1, 0.15) is 23.8 Å². The summed E-state index contributed by atoms with van der Waals surface area (Å²) in [5.74, 6) is 1.09. The van der Waals surface area contributed by atoms with Crippen LogP contribution in [-0.2, 0) is 0 Å². The third-order valence-electron chi connectivity index (χ3n) is 3.29. The molecule has 2 aromatic rings. The number of rotatable bonds is 2. The fourth-order valence-corrected chi connectivity index (χ4v) is 3.37. The van der Waals surface area contributed by atoms with Crippen molar-refractivity contribution in [3.63, 3.8) is 0 Å². The molecular formula is C16H15FO2S. The first kappa shape index (κ1) is 13.5. The van der Waals surface area contributed by atoms with Crippen LogP contribution >= 0.6 is 11.8 Å². The summed E-state index contributed by atoms with van der Waals surface area (Å²) in [6, 6.07) is 12.4. The number of halogens is 1. The van der Waals surface area contributed by atoms with Crippen molar-refractivity contribution in [2.24, 2.45) is 0 Å². The molecule has 4 heteroatoms. The van der Waals surface area contributed by atoms with Crippen molar-refractivity contribution in [3.05, 3.63) is 59.4 Å². The molecule has 104 valence electrons. The molecule has 2 atom stereocenters. The highest BCUT2D eigenvalue weighted by Crippen LogP contribution is 2.38. The molecule has 20 heavy (non-hydrogen) atoms. The van der Waals surface area contributed by atoms with Crippen LogP contribution in [0.25, 0.3) is 0 Å². The molecule has 0 amide bonds. The van der Waals surface area contributed by atoms with Gasteiger partial charge in [-0.3, -0.25) is 0 Å². The van der Waals surface area contributed by atoms with Crippen LogP contribution < -0.4 is 4.74 Å². The minimum atomic E-state index is -0.828. The molecule has 0 saturated heterocycles. The summed E-state index contributed by atoms with van der Waals surface area (Å²) in [6.45, 7) is 1.81. The molecular weight excluding hydrogens is 275 g/mol. The van der Waals surface area contributed by atoms with Crippen LogP contribution in [0.3, 0.4) is 0 Å². The van der Waals surface area contributed by atoms with Crippen molar-refractivity contribution in [2.45, 2.75) is 24.0 Å². The number of ether oxygens (including phenoxy) is 1. The minimum Gasteiger partial charge on any atom is -0.485 e. The van der Waals surface area contributed by atoms with Crippen molar-refractivity contribution >= 4 is 11.8 Å². The highest BCUT2D eigenvalue weighted by Gasteiger charge is 2.28. The summed E-state index contributed by atoms with van der Waals surface area (Å²) in [7, 11) is 0. The molecule has 0 spiro atoms. The maximum absolute atomic E-state index is 13.4. The predicted octanol–water partition coefficient (Wildman–Crippen LogP) is 3.72. The second-order valence-electron chi connectivity index (χ2n) is 4.92. The maximum Gasteiger partial charge on any atom is 0.138 e. The SMILES string of the molecule is Cc1cc(F)cc(C(O)C2CSc3ccccc3O2)c1. The zero-order valence-electron chi connectivity index (χ0n) is 11.0. The number of thioether (sulfide) groups is 1. The third-order valence-corrected chi connectivity index (χ3v) is 4.43. The van der Waals surface area contributed by atoms with Crippen molar-refractivity contribution in [1.29, 1.82) is 0 Å². The van der Waals surface area contributed by atoms with E-state index in [2.05, 4.69) is 0 Å². The highest BCUT2D eigenvalue weighted by molar-refractivity contribution is 7.99. The first-order valence-corrected chi connectivity index (χ1v) is 7.46. The van der Waals surface area contributed by atoms with Gasteiger partial charge in [0.15, 0.2) is 0 Å². The smallest absolute Gasteiger partial charge is 0.138 e. The van der Waals surface area contributed by atoms with Gasteiger partial charge in [0.2, 0.25) is 0 Å². The van der Waals surface area contributed by atoms with E-state index in [0.29, 0.717) is 11.3 Å².